The summed E-state index contributed by atoms with van der Waals surface area (Å²) in [6, 6.07) is -0.171. The van der Waals surface area contributed by atoms with Gasteiger partial charge < -0.3 is 19.9 Å². The number of amides is 1. The molecule has 0 aromatic carbocycles. The zero-order chi connectivity index (χ0) is 16.3. The summed E-state index contributed by atoms with van der Waals surface area (Å²) < 4.78 is 12.0. The zero-order valence-corrected chi connectivity index (χ0v) is 12.8. The maximum atomic E-state index is 11.7. The molecule has 1 aliphatic heterocycles. The molecular formula is C13H20N4O5. The Labute approximate surface area is 127 Å². The van der Waals surface area contributed by atoms with E-state index in [1.165, 1.54) is 10.9 Å². The van der Waals surface area contributed by atoms with Crippen LogP contribution in [0.4, 0.5) is 4.79 Å². The molecule has 0 aliphatic carbocycles. The van der Waals surface area contributed by atoms with Gasteiger partial charge in [-0.25, -0.2) is 14.3 Å². The lowest BCUT2D eigenvalue weighted by molar-refractivity contribution is 0.0514. The van der Waals surface area contributed by atoms with Gasteiger partial charge in [-0.05, 0) is 20.8 Å². The number of carboxylic acids is 1. The van der Waals surface area contributed by atoms with E-state index in [9.17, 15) is 9.59 Å². The first-order valence-corrected chi connectivity index (χ1v) is 6.96. The van der Waals surface area contributed by atoms with Crippen LogP contribution in [0, 0.1) is 5.92 Å². The van der Waals surface area contributed by atoms with Crippen LogP contribution in [0.3, 0.4) is 0 Å². The van der Waals surface area contributed by atoms with Crippen LogP contribution in [0.5, 0.6) is 0 Å². The van der Waals surface area contributed by atoms with E-state index in [-0.39, 0.29) is 17.7 Å². The van der Waals surface area contributed by atoms with Gasteiger partial charge in [0.1, 0.15) is 5.60 Å². The average molecular weight is 312 g/mol. The third-order valence-electron chi connectivity index (χ3n) is 3.14. The van der Waals surface area contributed by atoms with Crippen LogP contribution in [-0.2, 0) is 9.47 Å². The molecule has 2 heterocycles. The van der Waals surface area contributed by atoms with Crippen molar-refractivity contribution in [2.45, 2.75) is 32.4 Å². The smallest absolute Gasteiger partial charge is 0.407 e. The molecule has 9 nitrogen and oxygen atoms in total. The number of aromatic nitrogens is 3. The first-order valence-electron chi connectivity index (χ1n) is 6.96. The lowest BCUT2D eigenvalue weighted by Gasteiger charge is -2.22. The molecule has 1 aromatic heterocycles. The van der Waals surface area contributed by atoms with E-state index in [1.807, 2.05) is 0 Å². The number of carboxylic acid groups (broad SMARTS) is 1. The summed E-state index contributed by atoms with van der Waals surface area (Å²) in [5, 5.41) is 19.0. The highest BCUT2D eigenvalue weighted by atomic mass is 16.6. The molecule has 0 unspecified atom stereocenters. The number of rotatable bonds is 4. The summed E-state index contributed by atoms with van der Waals surface area (Å²) in [5.74, 6) is -1.16. The normalized spacial score (nSPS) is 21.6. The van der Waals surface area contributed by atoms with Crippen molar-refractivity contribution in [3.05, 3.63) is 11.9 Å². The Hall–Kier alpha value is -2.16. The highest BCUT2D eigenvalue weighted by Crippen LogP contribution is 2.24. The van der Waals surface area contributed by atoms with Crippen LogP contribution in [-0.4, -0.2) is 57.5 Å². The molecule has 2 atom stereocenters. The van der Waals surface area contributed by atoms with Crippen molar-refractivity contribution in [1.82, 2.24) is 20.3 Å². The first-order chi connectivity index (χ1) is 10.3. The van der Waals surface area contributed by atoms with Crippen LogP contribution in [0.25, 0.3) is 0 Å². The lowest BCUT2D eigenvalue weighted by Crippen LogP contribution is -2.37. The van der Waals surface area contributed by atoms with Crippen molar-refractivity contribution >= 4 is 12.1 Å². The SMILES string of the molecule is CC(C)(C)OC(=O)NC[C@@H]1COC[C@H]1n1cc(C(=O)O)nn1. The molecule has 0 spiro atoms. The van der Waals surface area contributed by atoms with E-state index in [1.54, 1.807) is 20.8 Å². The summed E-state index contributed by atoms with van der Waals surface area (Å²) in [5.41, 5.74) is -0.677. The first kappa shape index (κ1) is 16.2. The molecule has 9 heteroatoms. The second kappa shape index (κ2) is 6.30. The summed E-state index contributed by atoms with van der Waals surface area (Å²) in [7, 11) is 0. The van der Waals surface area contributed by atoms with Crippen molar-refractivity contribution in [3.8, 4) is 0 Å². The Morgan fingerprint density at radius 1 is 1.50 bits per heavy atom. The van der Waals surface area contributed by atoms with Crippen LogP contribution in [0.15, 0.2) is 6.20 Å². The number of nitrogens with one attached hydrogen (secondary N) is 1. The van der Waals surface area contributed by atoms with Gasteiger partial charge in [0, 0.05) is 12.5 Å². The van der Waals surface area contributed by atoms with Gasteiger partial charge in [0.25, 0.3) is 0 Å². The van der Waals surface area contributed by atoms with Crippen molar-refractivity contribution in [2.24, 2.45) is 5.92 Å². The molecule has 0 bridgehead atoms. The van der Waals surface area contributed by atoms with Gasteiger partial charge in [-0.3, -0.25) is 0 Å². The van der Waals surface area contributed by atoms with Crippen molar-refractivity contribution in [3.63, 3.8) is 0 Å². The number of carbonyl (C=O) groups excluding carboxylic acids is 1. The number of hydrogen-bond acceptors (Lipinski definition) is 6. The Balaban J connectivity index is 1.93. The van der Waals surface area contributed by atoms with E-state index >= 15 is 0 Å². The van der Waals surface area contributed by atoms with E-state index in [4.69, 9.17) is 14.6 Å². The van der Waals surface area contributed by atoms with E-state index in [0.717, 1.165) is 0 Å². The topological polar surface area (TPSA) is 116 Å². The predicted octanol–water partition coefficient (Wildman–Crippen LogP) is 0.688. The minimum atomic E-state index is -1.13. The summed E-state index contributed by atoms with van der Waals surface area (Å²) >= 11 is 0. The molecule has 22 heavy (non-hydrogen) atoms. The van der Waals surface area contributed by atoms with Crippen LogP contribution >= 0.6 is 0 Å². The fraction of sp³-hybridized carbons (Fsp3) is 0.692. The van der Waals surface area contributed by atoms with Crippen LogP contribution in [0.2, 0.25) is 0 Å². The third kappa shape index (κ3) is 4.17. The molecule has 1 saturated heterocycles. The van der Waals surface area contributed by atoms with Crippen molar-refractivity contribution < 1.29 is 24.2 Å². The predicted molar refractivity (Wildman–Crippen MR) is 74.6 cm³/mol. The van der Waals surface area contributed by atoms with Gasteiger partial charge in [0.15, 0.2) is 5.69 Å². The summed E-state index contributed by atoms with van der Waals surface area (Å²) in [4.78, 5) is 22.5. The fourth-order valence-electron chi connectivity index (χ4n) is 2.14. The summed E-state index contributed by atoms with van der Waals surface area (Å²) in [6.07, 6.45) is 0.866. The Bertz CT molecular complexity index is 551. The highest BCUT2D eigenvalue weighted by molar-refractivity contribution is 5.84. The van der Waals surface area contributed by atoms with Crippen LogP contribution in [0.1, 0.15) is 37.3 Å². The third-order valence-corrected chi connectivity index (χ3v) is 3.14. The summed E-state index contributed by atoms with van der Waals surface area (Å²) in [6.45, 7) is 6.55. The van der Waals surface area contributed by atoms with Gasteiger partial charge in [0.2, 0.25) is 0 Å². The van der Waals surface area contributed by atoms with E-state index in [0.29, 0.717) is 19.8 Å². The Morgan fingerprint density at radius 3 is 2.82 bits per heavy atom. The minimum Gasteiger partial charge on any atom is -0.476 e. The van der Waals surface area contributed by atoms with Gasteiger partial charge >= 0.3 is 12.1 Å². The molecule has 1 fully saturated rings. The van der Waals surface area contributed by atoms with E-state index < -0.39 is 17.7 Å². The highest BCUT2D eigenvalue weighted by Gasteiger charge is 2.32. The van der Waals surface area contributed by atoms with Crippen LogP contribution < -0.4 is 5.32 Å². The Morgan fingerprint density at radius 2 is 2.23 bits per heavy atom. The monoisotopic (exact) mass is 312 g/mol. The number of ether oxygens (including phenoxy) is 2. The number of aromatic carboxylic acids is 1. The fourth-order valence-corrected chi connectivity index (χ4v) is 2.14. The quantitative estimate of drug-likeness (QED) is 0.840. The largest absolute Gasteiger partial charge is 0.476 e. The number of alkyl carbamates (subject to hydrolysis) is 1. The molecule has 2 rings (SSSR count). The molecule has 1 amide bonds. The van der Waals surface area contributed by atoms with Gasteiger partial charge in [-0.1, -0.05) is 5.21 Å². The second-order valence-electron chi connectivity index (χ2n) is 6.14. The van der Waals surface area contributed by atoms with Crippen molar-refractivity contribution in [1.29, 1.82) is 0 Å². The molecule has 122 valence electrons. The zero-order valence-electron chi connectivity index (χ0n) is 12.8. The molecule has 2 N–H and O–H groups in total. The molecular weight excluding hydrogens is 292 g/mol. The van der Waals surface area contributed by atoms with Gasteiger partial charge in [-0.15, -0.1) is 5.10 Å². The number of nitrogens with zero attached hydrogens (tertiary/aromatic N) is 3. The minimum absolute atomic E-state index is 0.0316. The maximum absolute atomic E-state index is 11.7. The maximum Gasteiger partial charge on any atom is 0.407 e. The second-order valence-corrected chi connectivity index (χ2v) is 6.14. The average Bonchev–Trinajstić information content (AvgIpc) is 3.02. The Kier molecular flexibility index (Phi) is 4.65. The number of carbonyl (C=O) groups is 2. The molecule has 1 aromatic rings. The van der Waals surface area contributed by atoms with Crippen molar-refractivity contribution in [2.75, 3.05) is 19.8 Å². The lowest BCUT2D eigenvalue weighted by atomic mass is 10.0. The molecule has 0 saturated carbocycles. The van der Waals surface area contributed by atoms with Gasteiger partial charge in [-0.2, -0.15) is 0 Å². The molecule has 1 aliphatic rings. The molecule has 0 radical (unpaired) electrons. The van der Waals surface area contributed by atoms with E-state index in [2.05, 4.69) is 15.6 Å². The number of hydrogen-bond donors (Lipinski definition) is 2. The standard InChI is InChI=1S/C13H20N4O5/c1-13(2,3)22-12(20)14-4-8-6-21-7-10(8)17-5-9(11(18)19)15-16-17/h5,8,10H,4,6-7H2,1-3H3,(H,14,20)(H,18,19)/t8-,10-/m1/s1. The van der Waals surface area contributed by atoms with Gasteiger partial charge in [0.05, 0.1) is 25.5 Å².